The van der Waals surface area contributed by atoms with Gasteiger partial charge in [-0.15, -0.1) is 0 Å². The van der Waals surface area contributed by atoms with E-state index in [1.807, 2.05) is 0 Å². The van der Waals surface area contributed by atoms with Gasteiger partial charge in [-0.05, 0) is 68.0 Å². The van der Waals surface area contributed by atoms with Gasteiger partial charge in [0.2, 0.25) is 0 Å². The molecule has 0 unspecified atom stereocenters. The molecular weight excluding hydrogens is 431 g/mol. The number of ketones is 1. The normalized spacial score (nSPS) is 19.0. The average Bonchev–Trinajstić information content (AvgIpc) is 2.70. The summed E-state index contributed by atoms with van der Waals surface area (Å²) in [6.45, 7) is 2.20. The van der Waals surface area contributed by atoms with E-state index in [0.717, 1.165) is 31.6 Å². The lowest BCUT2D eigenvalue weighted by Gasteiger charge is -2.27. The molecule has 2 aromatic rings. The number of halogens is 3. The van der Waals surface area contributed by atoms with Crippen molar-refractivity contribution >= 4 is 46.6 Å². The maximum Gasteiger partial charge on any atom is 0.343 e. The van der Waals surface area contributed by atoms with Crippen LogP contribution in [0.5, 0.6) is 5.75 Å². The Kier molecular flexibility index (Phi) is 7.61. The first-order valence-electron chi connectivity index (χ1n) is 9.90. The van der Waals surface area contributed by atoms with Crippen LogP contribution in [0.4, 0.5) is 0 Å². The largest absolute Gasteiger partial charge is 0.421 e. The summed E-state index contributed by atoms with van der Waals surface area (Å²) in [6, 6.07) is 9.26. The van der Waals surface area contributed by atoms with Gasteiger partial charge in [0.1, 0.15) is 5.75 Å². The first kappa shape index (κ1) is 22.1. The molecule has 0 atom stereocenters. The highest BCUT2D eigenvalue weighted by atomic mass is 35.5. The standard InChI is InChI=1S/C23H23Cl3O3/c1-2-3-14-4-6-15(7-5-14)22(27)18-10-8-16(12-19(18)25)23(28)29-21-11-9-17(24)13-20(21)26/h8-15H,2-7H2,1H3. The van der Waals surface area contributed by atoms with E-state index in [9.17, 15) is 9.59 Å². The summed E-state index contributed by atoms with van der Waals surface area (Å²) < 4.78 is 5.32. The van der Waals surface area contributed by atoms with Crippen molar-refractivity contribution in [3.05, 3.63) is 62.6 Å². The molecule has 0 aromatic heterocycles. The quantitative estimate of drug-likeness (QED) is 0.256. The number of Topliss-reactive ketones (excluding diaryl/α,β-unsaturated/α-hetero) is 1. The number of carbonyl (C=O) groups is 2. The van der Waals surface area contributed by atoms with Crippen LogP contribution in [0.3, 0.4) is 0 Å². The molecule has 1 aliphatic carbocycles. The molecule has 2 aromatic carbocycles. The molecule has 0 radical (unpaired) electrons. The molecule has 0 aliphatic heterocycles. The smallest absolute Gasteiger partial charge is 0.343 e. The van der Waals surface area contributed by atoms with Crippen molar-refractivity contribution in [1.82, 2.24) is 0 Å². The number of esters is 1. The Hall–Kier alpha value is -1.55. The summed E-state index contributed by atoms with van der Waals surface area (Å²) in [6.07, 6.45) is 6.41. The van der Waals surface area contributed by atoms with Gasteiger partial charge in [0.05, 0.1) is 15.6 Å². The topological polar surface area (TPSA) is 43.4 Å². The predicted octanol–water partition coefficient (Wildman–Crippen LogP) is 7.66. The van der Waals surface area contributed by atoms with Crippen LogP contribution >= 0.6 is 34.8 Å². The van der Waals surface area contributed by atoms with Crippen LogP contribution in [-0.4, -0.2) is 11.8 Å². The van der Waals surface area contributed by atoms with E-state index in [-0.39, 0.29) is 33.1 Å². The molecule has 0 N–H and O–H groups in total. The fraction of sp³-hybridized carbons (Fsp3) is 0.391. The molecule has 3 nitrogen and oxygen atoms in total. The molecule has 29 heavy (non-hydrogen) atoms. The van der Waals surface area contributed by atoms with Crippen molar-refractivity contribution < 1.29 is 14.3 Å². The Bertz CT molecular complexity index is 902. The third kappa shape index (κ3) is 5.53. The maximum absolute atomic E-state index is 12.9. The monoisotopic (exact) mass is 452 g/mol. The highest BCUT2D eigenvalue weighted by molar-refractivity contribution is 6.36. The highest BCUT2D eigenvalue weighted by Crippen LogP contribution is 2.35. The number of hydrogen-bond donors (Lipinski definition) is 0. The van der Waals surface area contributed by atoms with Crippen molar-refractivity contribution in [2.75, 3.05) is 0 Å². The van der Waals surface area contributed by atoms with E-state index in [1.54, 1.807) is 18.2 Å². The Morgan fingerprint density at radius 3 is 2.31 bits per heavy atom. The molecule has 6 heteroatoms. The van der Waals surface area contributed by atoms with E-state index < -0.39 is 5.97 Å². The van der Waals surface area contributed by atoms with Crippen LogP contribution in [0.15, 0.2) is 36.4 Å². The van der Waals surface area contributed by atoms with Gasteiger partial charge in [-0.1, -0.05) is 54.6 Å². The summed E-state index contributed by atoms with van der Waals surface area (Å²) in [5, 5.41) is 0.953. The van der Waals surface area contributed by atoms with Crippen molar-refractivity contribution in [1.29, 1.82) is 0 Å². The van der Waals surface area contributed by atoms with Crippen molar-refractivity contribution in [3.8, 4) is 5.75 Å². The molecule has 0 spiro atoms. The first-order valence-corrected chi connectivity index (χ1v) is 11.0. The van der Waals surface area contributed by atoms with E-state index >= 15 is 0 Å². The second kappa shape index (κ2) is 9.97. The number of ether oxygens (including phenoxy) is 1. The van der Waals surface area contributed by atoms with Crippen LogP contribution < -0.4 is 4.74 Å². The van der Waals surface area contributed by atoms with Gasteiger partial charge in [-0.3, -0.25) is 4.79 Å². The second-order valence-electron chi connectivity index (χ2n) is 7.53. The zero-order chi connectivity index (χ0) is 21.0. The van der Waals surface area contributed by atoms with Gasteiger partial charge in [-0.25, -0.2) is 4.79 Å². The molecule has 1 fully saturated rings. The summed E-state index contributed by atoms with van der Waals surface area (Å²) in [7, 11) is 0. The predicted molar refractivity (Wildman–Crippen MR) is 118 cm³/mol. The first-order chi connectivity index (χ1) is 13.9. The molecule has 1 saturated carbocycles. The summed E-state index contributed by atoms with van der Waals surface area (Å²) in [5.74, 6) is 0.407. The third-order valence-corrected chi connectivity index (χ3v) is 6.32. The minimum atomic E-state index is -0.602. The lowest BCUT2D eigenvalue weighted by molar-refractivity contribution is 0.0733. The third-order valence-electron chi connectivity index (χ3n) is 5.48. The molecular formula is C23H23Cl3O3. The van der Waals surface area contributed by atoms with Crippen molar-refractivity contribution in [2.24, 2.45) is 11.8 Å². The van der Waals surface area contributed by atoms with Gasteiger partial charge in [0.15, 0.2) is 5.78 Å². The molecule has 1 aliphatic rings. The van der Waals surface area contributed by atoms with Crippen LogP contribution in [0.25, 0.3) is 0 Å². The Balaban J connectivity index is 1.68. The van der Waals surface area contributed by atoms with Crippen LogP contribution in [0, 0.1) is 11.8 Å². The van der Waals surface area contributed by atoms with E-state index in [2.05, 4.69) is 6.92 Å². The molecule has 0 bridgehead atoms. The molecule has 0 saturated heterocycles. The second-order valence-corrected chi connectivity index (χ2v) is 8.78. The number of rotatable bonds is 6. The van der Waals surface area contributed by atoms with Crippen molar-refractivity contribution in [2.45, 2.75) is 45.4 Å². The SMILES string of the molecule is CCCC1CCC(C(=O)c2ccc(C(=O)Oc3ccc(Cl)cc3Cl)cc2Cl)CC1. The molecule has 154 valence electrons. The van der Waals surface area contributed by atoms with Crippen LogP contribution in [0.2, 0.25) is 15.1 Å². The van der Waals surface area contributed by atoms with Gasteiger partial charge < -0.3 is 4.74 Å². The molecule has 0 amide bonds. The van der Waals surface area contributed by atoms with E-state index in [1.165, 1.54) is 31.0 Å². The zero-order valence-electron chi connectivity index (χ0n) is 16.2. The molecule has 0 heterocycles. The lowest BCUT2D eigenvalue weighted by atomic mass is 9.77. The fourth-order valence-electron chi connectivity index (χ4n) is 3.90. The van der Waals surface area contributed by atoms with Gasteiger partial charge in [0, 0.05) is 16.5 Å². The number of benzene rings is 2. The van der Waals surface area contributed by atoms with Gasteiger partial charge >= 0.3 is 5.97 Å². The summed E-state index contributed by atoms with van der Waals surface area (Å²) in [4.78, 5) is 25.3. The van der Waals surface area contributed by atoms with Crippen molar-refractivity contribution in [3.63, 3.8) is 0 Å². The lowest BCUT2D eigenvalue weighted by Crippen LogP contribution is -2.22. The van der Waals surface area contributed by atoms with Crippen LogP contribution in [-0.2, 0) is 0 Å². The fourth-order valence-corrected chi connectivity index (χ4v) is 4.62. The Morgan fingerprint density at radius 1 is 0.966 bits per heavy atom. The highest BCUT2D eigenvalue weighted by Gasteiger charge is 2.28. The zero-order valence-corrected chi connectivity index (χ0v) is 18.5. The maximum atomic E-state index is 12.9. The Labute approximate surface area is 186 Å². The average molecular weight is 454 g/mol. The summed E-state index contributed by atoms with van der Waals surface area (Å²) >= 11 is 18.2. The Morgan fingerprint density at radius 2 is 1.69 bits per heavy atom. The number of carbonyl (C=O) groups excluding carboxylic acids is 2. The summed E-state index contributed by atoms with van der Waals surface area (Å²) in [5.41, 5.74) is 0.718. The van der Waals surface area contributed by atoms with E-state index in [4.69, 9.17) is 39.5 Å². The van der Waals surface area contributed by atoms with Crippen LogP contribution in [0.1, 0.15) is 66.2 Å². The molecule has 3 rings (SSSR count). The van der Waals surface area contributed by atoms with E-state index in [0.29, 0.717) is 10.6 Å². The van der Waals surface area contributed by atoms with Gasteiger partial charge in [-0.2, -0.15) is 0 Å². The minimum Gasteiger partial charge on any atom is -0.421 e. The van der Waals surface area contributed by atoms with Gasteiger partial charge in [0.25, 0.3) is 0 Å². The number of hydrogen-bond acceptors (Lipinski definition) is 3. The minimum absolute atomic E-state index is 0.00582.